The molecule has 1 N–H and O–H groups in total. The number of hydrogen-bond donors (Lipinski definition) is 1. The topological polar surface area (TPSA) is 66.1 Å². The fourth-order valence-corrected chi connectivity index (χ4v) is 2.04. The Labute approximate surface area is 99.9 Å². The van der Waals surface area contributed by atoms with E-state index in [1.165, 1.54) is 6.07 Å². The van der Waals surface area contributed by atoms with Crippen LogP contribution in [0.5, 0.6) is 0 Å². The quantitative estimate of drug-likeness (QED) is 0.826. The first-order valence-electron chi connectivity index (χ1n) is 5.82. The number of aromatic nitrogens is 2. The molecular formula is C12H17N3O2. The van der Waals surface area contributed by atoms with Crippen molar-refractivity contribution in [3.63, 3.8) is 0 Å². The Morgan fingerprint density at radius 1 is 1.47 bits per heavy atom. The molecule has 0 aromatic carbocycles. The number of aromatic amines is 1. The Kier molecular flexibility index (Phi) is 3.00. The lowest BCUT2D eigenvalue weighted by Gasteiger charge is -2.11. The van der Waals surface area contributed by atoms with Crippen molar-refractivity contribution in [2.45, 2.75) is 32.1 Å². The molecule has 0 unspecified atom stereocenters. The van der Waals surface area contributed by atoms with E-state index < -0.39 is 0 Å². The van der Waals surface area contributed by atoms with Gasteiger partial charge in [-0.05, 0) is 0 Å². The molecule has 17 heavy (non-hydrogen) atoms. The number of carbonyl (C=O) groups excluding carboxylic acids is 1. The monoisotopic (exact) mass is 235 g/mol. The van der Waals surface area contributed by atoms with Gasteiger partial charge >= 0.3 is 0 Å². The first-order chi connectivity index (χ1) is 7.97. The van der Waals surface area contributed by atoms with Crippen LogP contribution in [0.3, 0.4) is 0 Å². The maximum absolute atomic E-state index is 11.5. The Hall–Kier alpha value is -1.65. The fraction of sp³-hybridized carbons (Fsp3) is 0.583. The van der Waals surface area contributed by atoms with Gasteiger partial charge in [0.15, 0.2) is 0 Å². The minimum atomic E-state index is -0.138. The van der Waals surface area contributed by atoms with Crippen LogP contribution in [0.2, 0.25) is 0 Å². The van der Waals surface area contributed by atoms with Gasteiger partial charge in [0, 0.05) is 37.9 Å². The zero-order valence-corrected chi connectivity index (χ0v) is 10.4. The Balaban J connectivity index is 2.33. The number of nitrogens with zero attached hydrogens (tertiary/aromatic N) is 2. The van der Waals surface area contributed by atoms with Crippen molar-refractivity contribution in [3.05, 3.63) is 27.9 Å². The van der Waals surface area contributed by atoms with Crippen LogP contribution in [0.25, 0.3) is 0 Å². The van der Waals surface area contributed by atoms with Gasteiger partial charge in [-0.3, -0.25) is 9.59 Å². The molecular weight excluding hydrogens is 218 g/mol. The van der Waals surface area contributed by atoms with Gasteiger partial charge in [0.1, 0.15) is 5.82 Å². The van der Waals surface area contributed by atoms with Crippen molar-refractivity contribution < 1.29 is 4.79 Å². The molecule has 1 aliphatic rings. The molecule has 2 heterocycles. The van der Waals surface area contributed by atoms with Crippen LogP contribution in [0.1, 0.15) is 43.6 Å². The van der Waals surface area contributed by atoms with E-state index in [9.17, 15) is 9.59 Å². The van der Waals surface area contributed by atoms with Crippen molar-refractivity contribution in [1.29, 1.82) is 0 Å². The summed E-state index contributed by atoms with van der Waals surface area (Å²) in [6, 6.07) is 1.50. The average molecular weight is 235 g/mol. The minimum absolute atomic E-state index is 0.0484. The SMILES string of the molecule is CC(C)c1nc([C@@H]2CC(=O)N(C)C2)cc(=O)[nH]1. The summed E-state index contributed by atoms with van der Waals surface area (Å²) in [5.74, 6) is 1.03. The van der Waals surface area contributed by atoms with E-state index in [1.807, 2.05) is 13.8 Å². The van der Waals surface area contributed by atoms with Gasteiger partial charge in [-0.1, -0.05) is 13.8 Å². The summed E-state index contributed by atoms with van der Waals surface area (Å²) in [7, 11) is 1.78. The number of likely N-dealkylation sites (N-methyl/N-ethyl adjacent to an activating group) is 1. The smallest absolute Gasteiger partial charge is 0.251 e. The van der Waals surface area contributed by atoms with Crippen LogP contribution < -0.4 is 5.56 Å². The molecule has 1 atom stereocenters. The van der Waals surface area contributed by atoms with E-state index in [-0.39, 0.29) is 23.3 Å². The molecule has 1 aliphatic heterocycles. The molecule has 1 aromatic heterocycles. The zero-order valence-electron chi connectivity index (χ0n) is 10.4. The average Bonchev–Trinajstić information content (AvgIpc) is 2.58. The summed E-state index contributed by atoms with van der Waals surface area (Å²) in [6.45, 7) is 4.61. The highest BCUT2D eigenvalue weighted by Gasteiger charge is 2.29. The Morgan fingerprint density at radius 3 is 2.71 bits per heavy atom. The summed E-state index contributed by atoms with van der Waals surface area (Å²) >= 11 is 0. The molecule has 0 spiro atoms. The van der Waals surface area contributed by atoms with Gasteiger partial charge in [-0.2, -0.15) is 0 Å². The van der Waals surface area contributed by atoms with Crippen LogP contribution in [0.15, 0.2) is 10.9 Å². The predicted octanol–water partition coefficient (Wildman–Crippen LogP) is 0.839. The highest BCUT2D eigenvalue weighted by atomic mass is 16.2. The number of rotatable bonds is 2. The molecule has 5 nitrogen and oxygen atoms in total. The molecule has 0 radical (unpaired) electrons. The van der Waals surface area contributed by atoms with Crippen LogP contribution in [-0.2, 0) is 4.79 Å². The molecule has 1 fully saturated rings. The van der Waals surface area contributed by atoms with E-state index >= 15 is 0 Å². The molecule has 0 saturated carbocycles. The van der Waals surface area contributed by atoms with Gasteiger partial charge in [-0.25, -0.2) is 4.98 Å². The molecule has 2 rings (SSSR count). The van der Waals surface area contributed by atoms with Crippen molar-refractivity contribution in [2.75, 3.05) is 13.6 Å². The van der Waals surface area contributed by atoms with Crippen molar-refractivity contribution in [1.82, 2.24) is 14.9 Å². The second kappa shape index (κ2) is 4.31. The van der Waals surface area contributed by atoms with Gasteiger partial charge in [-0.15, -0.1) is 0 Å². The number of carbonyl (C=O) groups is 1. The van der Waals surface area contributed by atoms with Crippen LogP contribution in [0, 0.1) is 0 Å². The van der Waals surface area contributed by atoms with E-state index in [0.717, 1.165) is 5.69 Å². The first-order valence-corrected chi connectivity index (χ1v) is 5.82. The maximum Gasteiger partial charge on any atom is 0.251 e. The van der Waals surface area contributed by atoms with Crippen LogP contribution >= 0.6 is 0 Å². The molecule has 1 amide bonds. The summed E-state index contributed by atoms with van der Waals surface area (Å²) < 4.78 is 0. The van der Waals surface area contributed by atoms with Crippen LogP contribution in [-0.4, -0.2) is 34.4 Å². The summed E-state index contributed by atoms with van der Waals surface area (Å²) in [5.41, 5.74) is 0.593. The van der Waals surface area contributed by atoms with Crippen LogP contribution in [0.4, 0.5) is 0 Å². The highest BCUT2D eigenvalue weighted by Crippen LogP contribution is 2.25. The van der Waals surface area contributed by atoms with Crippen molar-refractivity contribution in [3.8, 4) is 0 Å². The molecule has 1 aromatic rings. The summed E-state index contributed by atoms with van der Waals surface area (Å²) in [5, 5.41) is 0. The lowest BCUT2D eigenvalue weighted by Crippen LogP contribution is -2.20. The van der Waals surface area contributed by atoms with E-state index in [4.69, 9.17) is 0 Å². The minimum Gasteiger partial charge on any atom is -0.345 e. The number of likely N-dealkylation sites (tertiary alicyclic amines) is 1. The normalized spacial score (nSPS) is 20.4. The maximum atomic E-state index is 11.5. The molecule has 0 aliphatic carbocycles. The van der Waals surface area contributed by atoms with Crippen molar-refractivity contribution in [2.24, 2.45) is 0 Å². The lowest BCUT2D eigenvalue weighted by molar-refractivity contribution is -0.126. The number of nitrogens with one attached hydrogen (secondary N) is 1. The van der Waals surface area contributed by atoms with E-state index in [2.05, 4.69) is 9.97 Å². The molecule has 92 valence electrons. The van der Waals surface area contributed by atoms with E-state index in [0.29, 0.717) is 18.8 Å². The second-order valence-electron chi connectivity index (χ2n) is 4.89. The Bertz CT molecular complexity index is 493. The second-order valence-corrected chi connectivity index (χ2v) is 4.89. The van der Waals surface area contributed by atoms with Gasteiger partial charge < -0.3 is 9.88 Å². The van der Waals surface area contributed by atoms with Gasteiger partial charge in [0.25, 0.3) is 5.56 Å². The third-order valence-corrected chi connectivity index (χ3v) is 3.09. The Morgan fingerprint density at radius 2 is 2.18 bits per heavy atom. The molecule has 5 heteroatoms. The lowest BCUT2D eigenvalue weighted by atomic mass is 10.0. The molecule has 1 saturated heterocycles. The zero-order chi connectivity index (χ0) is 12.6. The number of hydrogen-bond acceptors (Lipinski definition) is 3. The summed E-state index contributed by atoms with van der Waals surface area (Å²) in [4.78, 5) is 31.9. The van der Waals surface area contributed by atoms with Gasteiger partial charge in [0.2, 0.25) is 5.91 Å². The first kappa shape index (κ1) is 11.8. The summed E-state index contributed by atoms with van der Waals surface area (Å²) in [6.07, 6.45) is 0.449. The largest absolute Gasteiger partial charge is 0.345 e. The standard InChI is InChI=1S/C12H17N3O2/c1-7(2)12-13-9(5-10(16)14-12)8-4-11(17)15(3)6-8/h5,7-8H,4,6H2,1-3H3,(H,13,14,16)/t8-/m1/s1. The van der Waals surface area contributed by atoms with Crippen molar-refractivity contribution >= 4 is 5.91 Å². The third kappa shape index (κ3) is 2.38. The highest BCUT2D eigenvalue weighted by molar-refractivity contribution is 5.79. The number of amides is 1. The fourth-order valence-electron chi connectivity index (χ4n) is 2.04. The van der Waals surface area contributed by atoms with Gasteiger partial charge in [0.05, 0.1) is 5.69 Å². The third-order valence-electron chi connectivity index (χ3n) is 3.09. The van der Waals surface area contributed by atoms with E-state index in [1.54, 1.807) is 11.9 Å². The molecule has 0 bridgehead atoms. The number of H-pyrrole nitrogens is 1. The predicted molar refractivity (Wildman–Crippen MR) is 63.9 cm³/mol.